The number of anilines is 1. The zero-order valence-corrected chi connectivity index (χ0v) is 14.3. The average molecular weight is 323 g/mol. The fourth-order valence-electron chi connectivity index (χ4n) is 2.76. The van der Waals surface area contributed by atoms with Gasteiger partial charge in [-0.05, 0) is 31.4 Å². The lowest BCUT2D eigenvalue weighted by Gasteiger charge is -2.18. The summed E-state index contributed by atoms with van der Waals surface area (Å²) in [5, 5.41) is 11.9. The van der Waals surface area contributed by atoms with E-state index in [0.29, 0.717) is 11.4 Å². The molecule has 2 N–H and O–H groups in total. The third kappa shape index (κ3) is 2.95. The van der Waals surface area contributed by atoms with Crippen LogP contribution in [-0.4, -0.2) is 35.2 Å². The molecule has 0 bridgehead atoms. The molecular weight excluding hydrogens is 302 g/mol. The van der Waals surface area contributed by atoms with E-state index in [2.05, 4.69) is 20.5 Å². The molecule has 0 unspecified atom stereocenters. The minimum atomic E-state index is -0.269. The third-order valence-electron chi connectivity index (χ3n) is 3.98. The lowest BCUT2D eigenvalue weighted by Crippen LogP contribution is -2.27. The van der Waals surface area contributed by atoms with Gasteiger partial charge in [-0.1, -0.05) is 24.3 Å². The lowest BCUT2D eigenvalue weighted by molar-refractivity contribution is 0.0940. The van der Waals surface area contributed by atoms with Gasteiger partial charge in [0.25, 0.3) is 5.91 Å². The summed E-state index contributed by atoms with van der Waals surface area (Å²) in [5.74, 6) is 1.17. The second-order valence-corrected chi connectivity index (χ2v) is 6.05. The molecule has 124 valence electrons. The maximum Gasteiger partial charge on any atom is 0.252 e. The van der Waals surface area contributed by atoms with Crippen LogP contribution in [-0.2, 0) is 0 Å². The van der Waals surface area contributed by atoms with Gasteiger partial charge in [0.15, 0.2) is 5.82 Å². The van der Waals surface area contributed by atoms with Gasteiger partial charge in [-0.3, -0.25) is 9.89 Å². The predicted molar refractivity (Wildman–Crippen MR) is 95.3 cm³/mol. The Hall–Kier alpha value is -2.89. The number of carbonyl (C=O) groups excluding carboxylic acids is 1. The molecule has 24 heavy (non-hydrogen) atoms. The number of H-pyrrole nitrogens is 1. The van der Waals surface area contributed by atoms with Gasteiger partial charge in [0.2, 0.25) is 0 Å². The van der Waals surface area contributed by atoms with E-state index in [1.165, 1.54) is 0 Å². The van der Waals surface area contributed by atoms with Crippen LogP contribution in [0.25, 0.3) is 10.8 Å². The van der Waals surface area contributed by atoms with Crippen LogP contribution < -0.4 is 10.2 Å². The molecule has 1 heterocycles. The SMILES string of the molecule is Cc1nc([C@@H](C)NC(=O)c2ccc(N(C)C)c3ccccc23)n[nH]1. The van der Waals surface area contributed by atoms with E-state index in [4.69, 9.17) is 0 Å². The van der Waals surface area contributed by atoms with Crippen molar-refractivity contribution in [3.8, 4) is 0 Å². The van der Waals surface area contributed by atoms with Gasteiger partial charge in [-0.2, -0.15) is 5.10 Å². The average Bonchev–Trinajstić information content (AvgIpc) is 3.00. The molecule has 1 amide bonds. The molecule has 1 aromatic heterocycles. The Morgan fingerprint density at radius 1 is 1.17 bits per heavy atom. The fraction of sp³-hybridized carbons (Fsp3) is 0.278. The van der Waals surface area contributed by atoms with E-state index in [0.717, 1.165) is 22.3 Å². The van der Waals surface area contributed by atoms with Crippen LogP contribution >= 0.6 is 0 Å². The molecule has 0 aliphatic carbocycles. The van der Waals surface area contributed by atoms with Crippen LogP contribution in [0, 0.1) is 6.92 Å². The monoisotopic (exact) mass is 323 g/mol. The maximum absolute atomic E-state index is 12.7. The summed E-state index contributed by atoms with van der Waals surface area (Å²) in [6, 6.07) is 11.5. The van der Waals surface area contributed by atoms with E-state index in [9.17, 15) is 4.79 Å². The van der Waals surface area contributed by atoms with Crippen LogP contribution in [0.15, 0.2) is 36.4 Å². The Morgan fingerprint density at radius 2 is 1.88 bits per heavy atom. The third-order valence-corrected chi connectivity index (χ3v) is 3.98. The largest absolute Gasteiger partial charge is 0.377 e. The molecule has 2 aromatic carbocycles. The molecule has 3 rings (SSSR count). The first kappa shape index (κ1) is 16.0. The Kier molecular flexibility index (Phi) is 4.20. The van der Waals surface area contributed by atoms with Crippen molar-refractivity contribution in [3.05, 3.63) is 53.6 Å². The number of aryl methyl sites for hydroxylation is 1. The maximum atomic E-state index is 12.7. The van der Waals surface area contributed by atoms with E-state index < -0.39 is 0 Å². The summed E-state index contributed by atoms with van der Waals surface area (Å²) in [5.41, 5.74) is 1.73. The molecule has 3 aromatic rings. The zero-order valence-electron chi connectivity index (χ0n) is 14.3. The molecule has 1 atom stereocenters. The van der Waals surface area contributed by atoms with Crippen molar-refractivity contribution in [3.63, 3.8) is 0 Å². The van der Waals surface area contributed by atoms with Gasteiger partial charge in [0, 0.05) is 30.7 Å². The fourth-order valence-corrected chi connectivity index (χ4v) is 2.76. The summed E-state index contributed by atoms with van der Waals surface area (Å²) in [6.07, 6.45) is 0. The topological polar surface area (TPSA) is 73.9 Å². The van der Waals surface area contributed by atoms with Crippen LogP contribution in [0.3, 0.4) is 0 Å². The molecule has 0 aliphatic heterocycles. The number of fused-ring (bicyclic) bond motifs is 1. The standard InChI is InChI=1S/C18H21N5O/c1-11(17-20-12(2)21-22-17)19-18(24)15-9-10-16(23(3)4)14-8-6-5-7-13(14)15/h5-11H,1-4H3,(H,19,24)(H,20,21,22)/t11-/m1/s1. The zero-order chi connectivity index (χ0) is 17.3. The Bertz CT molecular complexity index is 884. The number of aromatic amines is 1. The Balaban J connectivity index is 1.94. The molecule has 0 aliphatic rings. The van der Waals surface area contributed by atoms with Gasteiger partial charge >= 0.3 is 0 Å². The van der Waals surface area contributed by atoms with Gasteiger partial charge in [0.05, 0.1) is 6.04 Å². The highest BCUT2D eigenvalue weighted by Gasteiger charge is 2.17. The van der Waals surface area contributed by atoms with Crippen LogP contribution in [0.5, 0.6) is 0 Å². The first-order valence-corrected chi connectivity index (χ1v) is 7.86. The van der Waals surface area contributed by atoms with Crippen molar-refractivity contribution in [2.45, 2.75) is 19.9 Å². The van der Waals surface area contributed by atoms with E-state index >= 15 is 0 Å². The second kappa shape index (κ2) is 6.31. The second-order valence-electron chi connectivity index (χ2n) is 6.05. The van der Waals surface area contributed by atoms with E-state index in [1.54, 1.807) is 0 Å². The van der Waals surface area contributed by atoms with Crippen molar-refractivity contribution in [1.82, 2.24) is 20.5 Å². The number of hydrogen-bond donors (Lipinski definition) is 2. The summed E-state index contributed by atoms with van der Waals surface area (Å²) >= 11 is 0. The summed E-state index contributed by atoms with van der Waals surface area (Å²) in [7, 11) is 3.99. The van der Waals surface area contributed by atoms with Crippen molar-refractivity contribution in [2.75, 3.05) is 19.0 Å². The quantitative estimate of drug-likeness (QED) is 0.774. The van der Waals surface area contributed by atoms with Crippen LogP contribution in [0.1, 0.15) is 35.0 Å². The van der Waals surface area contributed by atoms with Gasteiger partial charge < -0.3 is 10.2 Å². The highest BCUT2D eigenvalue weighted by Crippen LogP contribution is 2.28. The minimum Gasteiger partial charge on any atom is -0.377 e. The number of nitrogens with zero attached hydrogens (tertiary/aromatic N) is 3. The summed E-state index contributed by atoms with van der Waals surface area (Å²) < 4.78 is 0. The smallest absolute Gasteiger partial charge is 0.252 e. The number of hydrogen-bond acceptors (Lipinski definition) is 4. The molecule has 0 fully saturated rings. The van der Waals surface area contributed by atoms with E-state index in [1.807, 2.05) is 69.2 Å². The predicted octanol–water partition coefficient (Wildman–Crippen LogP) is 2.82. The normalized spacial score (nSPS) is 12.2. The number of carbonyl (C=O) groups is 1. The van der Waals surface area contributed by atoms with Gasteiger partial charge in [-0.25, -0.2) is 4.98 Å². The molecule has 6 heteroatoms. The number of benzene rings is 2. The number of amides is 1. The van der Waals surface area contributed by atoms with Crippen molar-refractivity contribution in [2.24, 2.45) is 0 Å². The van der Waals surface area contributed by atoms with Crippen LogP contribution in [0.4, 0.5) is 5.69 Å². The van der Waals surface area contributed by atoms with Gasteiger partial charge in [0.1, 0.15) is 5.82 Å². The van der Waals surface area contributed by atoms with Crippen molar-refractivity contribution >= 4 is 22.4 Å². The number of aromatic nitrogens is 3. The molecule has 6 nitrogen and oxygen atoms in total. The van der Waals surface area contributed by atoms with Crippen molar-refractivity contribution < 1.29 is 4.79 Å². The molecular formula is C18H21N5O. The van der Waals surface area contributed by atoms with Crippen LogP contribution in [0.2, 0.25) is 0 Å². The van der Waals surface area contributed by atoms with Gasteiger partial charge in [-0.15, -0.1) is 0 Å². The lowest BCUT2D eigenvalue weighted by atomic mass is 10.0. The molecule has 0 spiro atoms. The summed E-state index contributed by atoms with van der Waals surface area (Å²) in [6.45, 7) is 3.70. The first-order valence-electron chi connectivity index (χ1n) is 7.86. The Labute approximate surface area is 140 Å². The highest BCUT2D eigenvalue weighted by atomic mass is 16.1. The number of nitrogens with one attached hydrogen (secondary N) is 2. The van der Waals surface area contributed by atoms with E-state index in [-0.39, 0.29) is 11.9 Å². The molecule has 0 saturated heterocycles. The van der Waals surface area contributed by atoms with Crippen molar-refractivity contribution in [1.29, 1.82) is 0 Å². The molecule has 0 radical (unpaired) electrons. The molecule has 0 saturated carbocycles. The first-order chi connectivity index (χ1) is 11.5. The Morgan fingerprint density at radius 3 is 2.50 bits per heavy atom. The highest BCUT2D eigenvalue weighted by molar-refractivity contribution is 6.10. The number of rotatable bonds is 4. The summed E-state index contributed by atoms with van der Waals surface area (Å²) in [4.78, 5) is 19.1. The minimum absolute atomic E-state index is 0.133.